The molecule has 148 valence electrons. The van der Waals surface area contributed by atoms with Crippen LogP contribution in [0.25, 0.3) is 11.4 Å². The molecule has 1 aliphatic rings. The van der Waals surface area contributed by atoms with Crippen molar-refractivity contribution in [1.82, 2.24) is 20.8 Å². The number of hydrogen-bond acceptors (Lipinski definition) is 5. The first-order valence-corrected chi connectivity index (χ1v) is 9.34. The highest BCUT2D eigenvalue weighted by atomic mass is 127. The van der Waals surface area contributed by atoms with Gasteiger partial charge in [0.15, 0.2) is 5.96 Å². The fourth-order valence-electron chi connectivity index (χ4n) is 2.68. The Labute approximate surface area is 181 Å². The van der Waals surface area contributed by atoms with E-state index in [-0.39, 0.29) is 30.1 Å². The molecule has 1 unspecified atom stereocenters. The van der Waals surface area contributed by atoms with Gasteiger partial charge in [0.2, 0.25) is 11.7 Å². The van der Waals surface area contributed by atoms with Gasteiger partial charge < -0.3 is 19.9 Å². The van der Waals surface area contributed by atoms with E-state index in [1.54, 1.807) is 0 Å². The van der Waals surface area contributed by atoms with Gasteiger partial charge >= 0.3 is 0 Å². The summed E-state index contributed by atoms with van der Waals surface area (Å²) in [6.07, 6.45) is 3.06. The second-order valence-electron chi connectivity index (χ2n) is 6.05. The highest BCUT2D eigenvalue weighted by Crippen LogP contribution is 2.18. The van der Waals surface area contributed by atoms with Gasteiger partial charge in [-0.15, -0.1) is 24.0 Å². The topological polar surface area (TPSA) is 84.6 Å². The predicted octanol–water partition coefficient (Wildman–Crippen LogP) is 3.28. The summed E-state index contributed by atoms with van der Waals surface area (Å²) in [6, 6.07) is 7.36. The Morgan fingerprint density at radius 3 is 2.81 bits per heavy atom. The molecule has 3 rings (SSSR count). The normalized spacial score (nSPS) is 16.8. The quantitative estimate of drug-likeness (QED) is 0.341. The minimum atomic E-state index is 0. The Morgan fingerprint density at radius 1 is 1.30 bits per heavy atom. The Morgan fingerprint density at radius 2 is 2.11 bits per heavy atom. The molecule has 1 saturated heterocycles. The van der Waals surface area contributed by atoms with E-state index in [1.807, 2.05) is 31.2 Å². The summed E-state index contributed by atoms with van der Waals surface area (Å²) in [7, 11) is 0. The maximum absolute atomic E-state index is 5.90. The Bertz CT molecular complexity index is 717. The summed E-state index contributed by atoms with van der Waals surface area (Å²) in [5.74, 6) is 1.92. The second-order valence-corrected chi connectivity index (χ2v) is 6.49. The largest absolute Gasteiger partial charge is 0.376 e. The number of ether oxygens (including phenoxy) is 1. The zero-order valence-corrected chi connectivity index (χ0v) is 18.4. The first-order valence-electron chi connectivity index (χ1n) is 8.97. The summed E-state index contributed by atoms with van der Waals surface area (Å²) in [4.78, 5) is 9.00. The summed E-state index contributed by atoms with van der Waals surface area (Å²) < 4.78 is 10.9. The molecule has 1 aliphatic heterocycles. The van der Waals surface area contributed by atoms with Gasteiger partial charge in [0.1, 0.15) is 0 Å². The number of hydrogen-bond donors (Lipinski definition) is 2. The fraction of sp³-hybridized carbons (Fsp3) is 0.500. The van der Waals surface area contributed by atoms with E-state index in [0.717, 1.165) is 37.5 Å². The molecule has 1 atom stereocenters. The van der Waals surface area contributed by atoms with Crippen molar-refractivity contribution in [3.63, 3.8) is 0 Å². The van der Waals surface area contributed by atoms with Crippen molar-refractivity contribution in [1.29, 1.82) is 0 Å². The van der Waals surface area contributed by atoms with Crippen molar-refractivity contribution < 1.29 is 9.26 Å². The molecule has 0 bridgehead atoms. The van der Waals surface area contributed by atoms with Gasteiger partial charge in [0, 0.05) is 36.7 Å². The molecule has 2 heterocycles. The molecule has 2 aromatic rings. The number of rotatable bonds is 7. The third-order valence-electron chi connectivity index (χ3n) is 4.02. The molecular weight excluding hydrogens is 481 g/mol. The van der Waals surface area contributed by atoms with Crippen LogP contribution in [0.15, 0.2) is 33.8 Å². The highest BCUT2D eigenvalue weighted by molar-refractivity contribution is 14.0. The van der Waals surface area contributed by atoms with Crippen molar-refractivity contribution >= 4 is 41.5 Å². The second kappa shape index (κ2) is 11.5. The lowest BCUT2D eigenvalue weighted by Crippen LogP contribution is -2.39. The molecular formula is C18H25ClIN5O2. The molecule has 0 radical (unpaired) electrons. The number of benzene rings is 1. The third kappa shape index (κ3) is 6.93. The van der Waals surface area contributed by atoms with Gasteiger partial charge in [-0.2, -0.15) is 4.98 Å². The van der Waals surface area contributed by atoms with Crippen molar-refractivity contribution in [2.24, 2.45) is 4.99 Å². The van der Waals surface area contributed by atoms with Gasteiger partial charge in [-0.3, -0.25) is 4.99 Å². The van der Waals surface area contributed by atoms with E-state index >= 15 is 0 Å². The summed E-state index contributed by atoms with van der Waals surface area (Å²) in [5, 5.41) is 11.2. The van der Waals surface area contributed by atoms with Crippen molar-refractivity contribution in [2.45, 2.75) is 32.3 Å². The molecule has 0 spiro atoms. The van der Waals surface area contributed by atoms with Crippen molar-refractivity contribution in [3.8, 4) is 11.4 Å². The number of nitrogens with zero attached hydrogens (tertiary/aromatic N) is 3. The minimum Gasteiger partial charge on any atom is -0.376 e. The van der Waals surface area contributed by atoms with Crippen LogP contribution in [0.3, 0.4) is 0 Å². The molecule has 0 amide bonds. The van der Waals surface area contributed by atoms with E-state index in [9.17, 15) is 0 Å². The summed E-state index contributed by atoms with van der Waals surface area (Å²) in [6.45, 7) is 5.02. The first kappa shape index (κ1) is 21.9. The number of nitrogens with one attached hydrogen (secondary N) is 2. The lowest BCUT2D eigenvalue weighted by molar-refractivity contribution is 0.117. The fourth-order valence-corrected chi connectivity index (χ4v) is 2.81. The van der Waals surface area contributed by atoms with Gasteiger partial charge in [-0.1, -0.05) is 16.8 Å². The van der Waals surface area contributed by atoms with Gasteiger partial charge in [-0.05, 0) is 44.0 Å². The maximum atomic E-state index is 5.90. The Balaban J connectivity index is 0.00000261. The Kier molecular flexibility index (Phi) is 9.29. The zero-order valence-electron chi connectivity index (χ0n) is 15.3. The van der Waals surface area contributed by atoms with Gasteiger partial charge in [-0.25, -0.2) is 0 Å². The van der Waals surface area contributed by atoms with Gasteiger partial charge in [0.05, 0.1) is 12.6 Å². The Hall–Kier alpha value is -1.39. The molecule has 9 heteroatoms. The van der Waals surface area contributed by atoms with E-state index in [0.29, 0.717) is 36.2 Å². The number of aliphatic imine (C=N–C) groups is 1. The van der Waals surface area contributed by atoms with Gasteiger partial charge in [0.25, 0.3) is 0 Å². The monoisotopic (exact) mass is 505 g/mol. The smallest absolute Gasteiger partial charge is 0.228 e. The third-order valence-corrected chi connectivity index (χ3v) is 4.28. The molecule has 2 N–H and O–H groups in total. The molecule has 27 heavy (non-hydrogen) atoms. The molecule has 7 nitrogen and oxygen atoms in total. The zero-order chi connectivity index (χ0) is 18.2. The molecule has 1 fully saturated rings. The van der Waals surface area contributed by atoms with Crippen molar-refractivity contribution in [3.05, 3.63) is 35.2 Å². The number of guanidine groups is 1. The van der Waals surface area contributed by atoms with Crippen LogP contribution in [0.5, 0.6) is 0 Å². The predicted molar refractivity (Wildman–Crippen MR) is 117 cm³/mol. The summed E-state index contributed by atoms with van der Waals surface area (Å²) in [5.41, 5.74) is 0.879. The SMILES string of the molecule is CCNC(=NCC1CCCO1)NCCc1nc(-c2ccc(Cl)cc2)no1.I. The highest BCUT2D eigenvalue weighted by Gasteiger charge is 2.15. The van der Waals surface area contributed by atoms with Crippen LogP contribution in [-0.2, 0) is 11.2 Å². The number of halogens is 2. The van der Waals surface area contributed by atoms with E-state index in [2.05, 4.69) is 25.8 Å². The van der Waals surface area contributed by atoms with Crippen LogP contribution in [0.4, 0.5) is 0 Å². The number of aromatic nitrogens is 2. The van der Waals surface area contributed by atoms with Crippen LogP contribution < -0.4 is 10.6 Å². The molecule has 1 aromatic heterocycles. The van der Waals surface area contributed by atoms with Crippen LogP contribution >= 0.6 is 35.6 Å². The van der Waals surface area contributed by atoms with E-state index in [1.165, 1.54) is 0 Å². The molecule has 0 aliphatic carbocycles. The minimum absolute atomic E-state index is 0. The summed E-state index contributed by atoms with van der Waals surface area (Å²) >= 11 is 5.90. The average Bonchev–Trinajstić information content (AvgIpc) is 3.32. The van der Waals surface area contributed by atoms with Crippen molar-refractivity contribution in [2.75, 3.05) is 26.2 Å². The van der Waals surface area contributed by atoms with E-state index < -0.39 is 0 Å². The molecule has 0 saturated carbocycles. The van der Waals surface area contributed by atoms with Crippen LogP contribution in [0, 0.1) is 0 Å². The lowest BCUT2D eigenvalue weighted by atomic mass is 10.2. The van der Waals surface area contributed by atoms with E-state index in [4.69, 9.17) is 20.9 Å². The van der Waals surface area contributed by atoms with Crippen LogP contribution in [0.1, 0.15) is 25.7 Å². The van der Waals surface area contributed by atoms with Crippen LogP contribution in [0.2, 0.25) is 5.02 Å². The maximum Gasteiger partial charge on any atom is 0.228 e. The lowest BCUT2D eigenvalue weighted by Gasteiger charge is -2.12. The van der Waals surface area contributed by atoms with Crippen LogP contribution in [-0.4, -0.2) is 48.4 Å². The average molecular weight is 506 g/mol. The first-order chi connectivity index (χ1) is 12.7. The standard InChI is InChI=1S/C18H24ClN5O2.HI/c1-2-20-18(22-12-15-4-3-11-25-15)21-10-9-16-23-17(24-26-16)13-5-7-14(19)8-6-13;/h5-8,15H,2-4,9-12H2,1H3,(H2,20,21,22);1H. The molecule has 1 aromatic carbocycles.